The molecule has 0 amide bonds. The summed E-state index contributed by atoms with van der Waals surface area (Å²) in [6.07, 6.45) is 6.73. The number of carboxylic acid groups (broad SMARTS) is 1. The molecule has 1 aliphatic carbocycles. The molecule has 2 N–H and O–H groups in total. The first-order valence-electron chi connectivity index (χ1n) is 7.33. The zero-order valence-corrected chi connectivity index (χ0v) is 11.1. The second-order valence-corrected chi connectivity index (χ2v) is 5.84. The maximum Gasteiger partial charge on any atom is 0.320 e. The van der Waals surface area contributed by atoms with E-state index in [1.54, 1.807) is 0 Å². The highest BCUT2D eigenvalue weighted by molar-refractivity contribution is 5.73. The van der Waals surface area contributed by atoms with Crippen molar-refractivity contribution in [3.8, 4) is 0 Å². The SMILES string of the molecule is O=C(O)C1CCCC(c2cccc(C3CCC3)c2)N1. The minimum absolute atomic E-state index is 0.204. The molecule has 0 aromatic heterocycles. The Morgan fingerprint density at radius 3 is 2.53 bits per heavy atom. The summed E-state index contributed by atoms with van der Waals surface area (Å²) in [6, 6.07) is 8.57. The maximum atomic E-state index is 11.1. The average molecular weight is 259 g/mol. The number of rotatable bonds is 3. The molecule has 1 aromatic rings. The first kappa shape index (κ1) is 12.7. The molecule has 2 fully saturated rings. The van der Waals surface area contributed by atoms with Crippen molar-refractivity contribution in [1.82, 2.24) is 5.32 Å². The fourth-order valence-corrected chi connectivity index (χ4v) is 3.16. The Labute approximate surface area is 114 Å². The first-order chi connectivity index (χ1) is 9.24. The number of aliphatic carboxylic acids is 1. The molecule has 2 atom stereocenters. The number of hydrogen-bond acceptors (Lipinski definition) is 2. The van der Waals surface area contributed by atoms with Crippen molar-refractivity contribution in [2.45, 2.75) is 56.5 Å². The lowest BCUT2D eigenvalue weighted by Gasteiger charge is -2.31. The Hall–Kier alpha value is -1.35. The third-order valence-corrected chi connectivity index (χ3v) is 4.58. The van der Waals surface area contributed by atoms with E-state index in [4.69, 9.17) is 5.11 Å². The summed E-state index contributed by atoms with van der Waals surface area (Å²) in [7, 11) is 0. The van der Waals surface area contributed by atoms with Crippen LogP contribution in [-0.2, 0) is 4.79 Å². The van der Waals surface area contributed by atoms with Crippen LogP contribution in [0.4, 0.5) is 0 Å². The molecule has 3 nitrogen and oxygen atoms in total. The molecule has 0 bridgehead atoms. The molecule has 1 aromatic carbocycles. The standard InChI is InChI=1S/C16H21NO2/c18-16(19)15-9-3-8-14(17-15)13-7-2-6-12(10-13)11-4-1-5-11/h2,6-7,10-11,14-15,17H,1,3-5,8-9H2,(H,18,19). The van der Waals surface area contributed by atoms with E-state index in [-0.39, 0.29) is 12.1 Å². The highest BCUT2D eigenvalue weighted by Crippen LogP contribution is 2.37. The topological polar surface area (TPSA) is 49.3 Å². The van der Waals surface area contributed by atoms with Gasteiger partial charge in [-0.15, -0.1) is 0 Å². The molecule has 0 spiro atoms. The minimum Gasteiger partial charge on any atom is -0.480 e. The normalized spacial score (nSPS) is 27.8. The van der Waals surface area contributed by atoms with Gasteiger partial charge in [0.25, 0.3) is 0 Å². The van der Waals surface area contributed by atoms with Gasteiger partial charge in [-0.25, -0.2) is 0 Å². The second-order valence-electron chi connectivity index (χ2n) is 5.84. The molecule has 1 aliphatic heterocycles. The van der Waals surface area contributed by atoms with Crippen molar-refractivity contribution in [1.29, 1.82) is 0 Å². The Balaban J connectivity index is 1.75. The lowest BCUT2D eigenvalue weighted by atomic mass is 9.79. The van der Waals surface area contributed by atoms with Gasteiger partial charge in [0.1, 0.15) is 6.04 Å². The van der Waals surface area contributed by atoms with E-state index in [0.717, 1.165) is 25.2 Å². The number of nitrogens with one attached hydrogen (secondary N) is 1. The highest BCUT2D eigenvalue weighted by Gasteiger charge is 2.27. The Bertz CT molecular complexity index is 468. The molecule has 1 saturated heterocycles. The van der Waals surface area contributed by atoms with Gasteiger partial charge in [0, 0.05) is 6.04 Å². The zero-order valence-electron chi connectivity index (χ0n) is 11.1. The number of carboxylic acids is 1. The van der Waals surface area contributed by atoms with E-state index in [9.17, 15) is 4.79 Å². The zero-order chi connectivity index (χ0) is 13.2. The number of piperidine rings is 1. The predicted molar refractivity (Wildman–Crippen MR) is 74.2 cm³/mol. The van der Waals surface area contributed by atoms with E-state index in [0.29, 0.717) is 0 Å². The van der Waals surface area contributed by atoms with E-state index in [2.05, 4.69) is 29.6 Å². The summed E-state index contributed by atoms with van der Waals surface area (Å²) in [5.41, 5.74) is 2.69. The summed E-state index contributed by atoms with van der Waals surface area (Å²) in [4.78, 5) is 11.1. The van der Waals surface area contributed by atoms with Gasteiger partial charge < -0.3 is 5.11 Å². The van der Waals surface area contributed by atoms with Crippen LogP contribution < -0.4 is 5.32 Å². The number of hydrogen-bond donors (Lipinski definition) is 2. The number of benzene rings is 1. The Morgan fingerprint density at radius 2 is 1.84 bits per heavy atom. The average Bonchev–Trinajstić information content (AvgIpc) is 2.37. The van der Waals surface area contributed by atoms with E-state index < -0.39 is 5.97 Å². The second kappa shape index (κ2) is 5.33. The Morgan fingerprint density at radius 1 is 1.11 bits per heavy atom. The third-order valence-electron chi connectivity index (χ3n) is 4.58. The lowest BCUT2D eigenvalue weighted by molar-refractivity contribution is -0.140. The van der Waals surface area contributed by atoms with Gasteiger partial charge in [-0.05, 0) is 49.1 Å². The van der Waals surface area contributed by atoms with Gasteiger partial charge in [-0.2, -0.15) is 0 Å². The van der Waals surface area contributed by atoms with Crippen LogP contribution in [-0.4, -0.2) is 17.1 Å². The van der Waals surface area contributed by atoms with Crippen LogP contribution in [0.3, 0.4) is 0 Å². The fraction of sp³-hybridized carbons (Fsp3) is 0.562. The summed E-state index contributed by atoms with van der Waals surface area (Å²) in [6.45, 7) is 0. The molecule has 1 saturated carbocycles. The molecule has 1 heterocycles. The fourth-order valence-electron chi connectivity index (χ4n) is 3.16. The number of carbonyl (C=O) groups is 1. The minimum atomic E-state index is -0.722. The van der Waals surface area contributed by atoms with Crippen LogP contribution in [0.15, 0.2) is 24.3 Å². The van der Waals surface area contributed by atoms with Crippen molar-refractivity contribution in [2.24, 2.45) is 0 Å². The van der Waals surface area contributed by atoms with E-state index >= 15 is 0 Å². The van der Waals surface area contributed by atoms with Crippen LogP contribution >= 0.6 is 0 Å². The third kappa shape index (κ3) is 2.66. The van der Waals surface area contributed by atoms with Crippen LogP contribution in [0, 0.1) is 0 Å². The quantitative estimate of drug-likeness (QED) is 0.876. The van der Waals surface area contributed by atoms with Gasteiger partial charge >= 0.3 is 5.97 Å². The molecule has 2 aliphatic rings. The summed E-state index contributed by atoms with van der Waals surface area (Å²) < 4.78 is 0. The van der Waals surface area contributed by atoms with Crippen molar-refractivity contribution in [2.75, 3.05) is 0 Å². The monoisotopic (exact) mass is 259 g/mol. The largest absolute Gasteiger partial charge is 0.480 e. The molecule has 0 radical (unpaired) electrons. The molecule has 3 heteroatoms. The smallest absolute Gasteiger partial charge is 0.320 e. The molecule has 2 unspecified atom stereocenters. The molecular weight excluding hydrogens is 238 g/mol. The maximum absolute atomic E-state index is 11.1. The van der Waals surface area contributed by atoms with Gasteiger partial charge in [0.2, 0.25) is 0 Å². The van der Waals surface area contributed by atoms with Crippen molar-refractivity contribution in [3.63, 3.8) is 0 Å². The molecular formula is C16H21NO2. The lowest BCUT2D eigenvalue weighted by Crippen LogP contribution is -2.42. The Kier molecular flexibility index (Phi) is 3.56. The van der Waals surface area contributed by atoms with E-state index in [1.165, 1.54) is 30.4 Å². The van der Waals surface area contributed by atoms with Gasteiger partial charge in [0.05, 0.1) is 0 Å². The molecule has 19 heavy (non-hydrogen) atoms. The van der Waals surface area contributed by atoms with Crippen LogP contribution in [0.2, 0.25) is 0 Å². The van der Waals surface area contributed by atoms with Crippen molar-refractivity contribution in [3.05, 3.63) is 35.4 Å². The van der Waals surface area contributed by atoms with Crippen molar-refractivity contribution < 1.29 is 9.90 Å². The summed E-state index contributed by atoms with van der Waals surface area (Å²) in [5, 5.41) is 12.4. The summed E-state index contributed by atoms with van der Waals surface area (Å²) in [5.74, 6) is 0.0126. The first-order valence-corrected chi connectivity index (χ1v) is 7.33. The van der Waals surface area contributed by atoms with Gasteiger partial charge in [-0.1, -0.05) is 30.7 Å². The van der Waals surface area contributed by atoms with Crippen LogP contribution in [0.1, 0.15) is 61.6 Å². The predicted octanol–water partition coefficient (Wildman–Crippen LogP) is 3.22. The van der Waals surface area contributed by atoms with Crippen molar-refractivity contribution >= 4 is 5.97 Å². The van der Waals surface area contributed by atoms with Crippen LogP contribution in [0.25, 0.3) is 0 Å². The highest BCUT2D eigenvalue weighted by atomic mass is 16.4. The van der Waals surface area contributed by atoms with Gasteiger partial charge in [-0.3, -0.25) is 10.1 Å². The van der Waals surface area contributed by atoms with Gasteiger partial charge in [0.15, 0.2) is 0 Å². The summed E-state index contributed by atoms with van der Waals surface area (Å²) >= 11 is 0. The molecule has 3 rings (SSSR count). The van der Waals surface area contributed by atoms with Crippen LogP contribution in [0.5, 0.6) is 0 Å². The van der Waals surface area contributed by atoms with E-state index in [1.807, 2.05) is 0 Å². The molecule has 102 valence electrons.